The smallest absolute Gasteiger partial charge is 0.256 e. The van der Waals surface area contributed by atoms with Crippen LogP contribution in [-0.4, -0.2) is 53.8 Å². The van der Waals surface area contributed by atoms with Gasteiger partial charge in [0.1, 0.15) is 0 Å². The van der Waals surface area contributed by atoms with E-state index < -0.39 is 6.10 Å². The molecule has 2 aromatic rings. The topological polar surface area (TPSA) is 58.6 Å². The van der Waals surface area contributed by atoms with Crippen LogP contribution in [0.15, 0.2) is 30.3 Å². The number of carbonyl (C=O) groups excluding carboxylic acids is 1. The summed E-state index contributed by atoms with van der Waals surface area (Å²) in [6.07, 6.45) is 5.03. The minimum Gasteiger partial charge on any atom is -0.363 e. The monoisotopic (exact) mass is 378 g/mol. The van der Waals surface area contributed by atoms with E-state index >= 15 is 0 Å². The molecule has 2 aliphatic heterocycles. The van der Waals surface area contributed by atoms with Crippen LogP contribution in [0.5, 0.6) is 0 Å². The zero-order chi connectivity index (χ0) is 18.9. The third-order valence-corrected chi connectivity index (χ3v) is 6.19. The molecule has 3 aliphatic rings. The summed E-state index contributed by atoms with van der Waals surface area (Å²) in [5.41, 5.74) is 4.77. The molecule has 0 radical (unpaired) electrons. The third-order valence-electron chi connectivity index (χ3n) is 6.19. The highest BCUT2D eigenvalue weighted by Gasteiger charge is 2.32. The van der Waals surface area contributed by atoms with Crippen LogP contribution >= 0.6 is 0 Å². The second kappa shape index (κ2) is 7.51. The number of anilines is 1. The largest absolute Gasteiger partial charge is 0.363 e. The van der Waals surface area contributed by atoms with Gasteiger partial charge in [-0.1, -0.05) is 24.3 Å². The number of fused-ring (bicyclic) bond motifs is 2. The molecule has 1 amide bonds. The number of benzene rings is 1. The molecule has 1 aliphatic carbocycles. The van der Waals surface area contributed by atoms with Gasteiger partial charge in [0.05, 0.1) is 12.3 Å². The number of rotatable bonds is 2. The molecule has 1 aromatic heterocycles. The van der Waals surface area contributed by atoms with E-state index in [-0.39, 0.29) is 5.91 Å². The Morgan fingerprint density at radius 2 is 1.79 bits per heavy atom. The van der Waals surface area contributed by atoms with Gasteiger partial charge in [0.15, 0.2) is 11.9 Å². The molecule has 0 spiro atoms. The van der Waals surface area contributed by atoms with Crippen LogP contribution in [0.4, 0.5) is 5.82 Å². The summed E-state index contributed by atoms with van der Waals surface area (Å²) in [5, 5.41) is 8.91. The molecular formula is C22H26N4O2. The molecule has 0 saturated carbocycles. The van der Waals surface area contributed by atoms with Gasteiger partial charge >= 0.3 is 0 Å². The first-order chi connectivity index (χ1) is 13.8. The lowest BCUT2D eigenvalue weighted by atomic mass is 9.96. The number of hydrogen-bond donors (Lipinski definition) is 0. The molecule has 28 heavy (non-hydrogen) atoms. The second-order valence-electron chi connectivity index (χ2n) is 7.89. The highest BCUT2D eigenvalue weighted by Crippen LogP contribution is 2.29. The normalized spacial score (nSPS) is 21.8. The van der Waals surface area contributed by atoms with E-state index in [4.69, 9.17) is 4.74 Å². The summed E-state index contributed by atoms with van der Waals surface area (Å²) >= 11 is 0. The average Bonchev–Trinajstić information content (AvgIpc) is 2.78. The standard InChI is InChI=1S/C22H26N4O2/c27-22(21-18-7-3-1-5-16(18)9-14-28-21)26-12-10-25(11-13-26)20-15-17-6-2-4-8-19(17)23-24-20/h1,3,5,7,15,21H,2,4,6,8-14H2. The molecular weight excluding hydrogens is 352 g/mol. The molecule has 5 rings (SSSR count). The van der Waals surface area contributed by atoms with Crippen LogP contribution in [0.3, 0.4) is 0 Å². The predicted octanol–water partition coefficient (Wildman–Crippen LogP) is 2.32. The number of amides is 1. The summed E-state index contributed by atoms with van der Waals surface area (Å²) in [4.78, 5) is 17.3. The number of aromatic nitrogens is 2. The van der Waals surface area contributed by atoms with E-state index in [1.54, 1.807) is 0 Å². The Hall–Kier alpha value is -2.47. The van der Waals surface area contributed by atoms with E-state index in [0.717, 1.165) is 49.4 Å². The Morgan fingerprint density at radius 1 is 0.964 bits per heavy atom. The van der Waals surface area contributed by atoms with Gasteiger partial charge in [-0.15, -0.1) is 5.10 Å². The van der Waals surface area contributed by atoms with Crippen LogP contribution in [0.2, 0.25) is 0 Å². The minimum atomic E-state index is -0.458. The fourth-order valence-corrected chi connectivity index (χ4v) is 4.55. The van der Waals surface area contributed by atoms with Crippen molar-refractivity contribution in [3.05, 3.63) is 52.7 Å². The van der Waals surface area contributed by atoms with Gasteiger partial charge < -0.3 is 14.5 Å². The maximum absolute atomic E-state index is 13.1. The summed E-state index contributed by atoms with van der Waals surface area (Å²) in [5.74, 6) is 1.04. The van der Waals surface area contributed by atoms with Gasteiger partial charge in [-0.2, -0.15) is 5.10 Å². The number of carbonyl (C=O) groups is 1. The van der Waals surface area contributed by atoms with Crippen molar-refractivity contribution in [2.24, 2.45) is 0 Å². The molecule has 1 atom stereocenters. The number of nitrogens with zero attached hydrogens (tertiary/aromatic N) is 4. The molecule has 146 valence electrons. The lowest BCUT2D eigenvalue weighted by Crippen LogP contribution is -2.51. The number of hydrogen-bond acceptors (Lipinski definition) is 5. The zero-order valence-electron chi connectivity index (χ0n) is 16.1. The fraction of sp³-hybridized carbons (Fsp3) is 0.500. The Balaban J connectivity index is 1.26. The lowest BCUT2D eigenvalue weighted by molar-refractivity contribution is -0.145. The Kier molecular flexibility index (Phi) is 4.72. The van der Waals surface area contributed by atoms with E-state index in [0.29, 0.717) is 19.7 Å². The molecule has 3 heterocycles. The Labute approximate surface area is 165 Å². The Morgan fingerprint density at radius 3 is 2.68 bits per heavy atom. The van der Waals surface area contributed by atoms with Crippen LogP contribution < -0.4 is 4.90 Å². The van der Waals surface area contributed by atoms with Crippen molar-refractivity contribution < 1.29 is 9.53 Å². The fourth-order valence-electron chi connectivity index (χ4n) is 4.55. The lowest BCUT2D eigenvalue weighted by Gasteiger charge is -2.38. The van der Waals surface area contributed by atoms with Crippen molar-refractivity contribution in [2.75, 3.05) is 37.7 Å². The first-order valence-corrected chi connectivity index (χ1v) is 10.4. The molecule has 0 bridgehead atoms. The average molecular weight is 378 g/mol. The van der Waals surface area contributed by atoms with E-state index in [9.17, 15) is 4.79 Å². The van der Waals surface area contributed by atoms with Crippen molar-refractivity contribution >= 4 is 11.7 Å². The summed E-state index contributed by atoms with van der Waals surface area (Å²) < 4.78 is 5.87. The number of piperazine rings is 1. The maximum Gasteiger partial charge on any atom is 0.256 e. The first-order valence-electron chi connectivity index (χ1n) is 10.4. The van der Waals surface area contributed by atoms with Crippen molar-refractivity contribution in [2.45, 2.75) is 38.2 Å². The molecule has 1 unspecified atom stereocenters. The SMILES string of the molecule is O=C(C1OCCc2ccccc21)N1CCN(c2cc3c(nn2)CCCC3)CC1. The van der Waals surface area contributed by atoms with Gasteiger partial charge in [-0.25, -0.2) is 0 Å². The highest BCUT2D eigenvalue weighted by molar-refractivity contribution is 5.83. The minimum absolute atomic E-state index is 0.0864. The van der Waals surface area contributed by atoms with Crippen molar-refractivity contribution in [1.29, 1.82) is 0 Å². The van der Waals surface area contributed by atoms with Crippen LogP contribution in [0.25, 0.3) is 0 Å². The summed E-state index contributed by atoms with van der Waals surface area (Å²) in [7, 11) is 0. The Bertz CT molecular complexity index is 877. The van der Waals surface area contributed by atoms with Crippen LogP contribution in [0, 0.1) is 0 Å². The quantitative estimate of drug-likeness (QED) is 0.803. The van der Waals surface area contributed by atoms with Crippen molar-refractivity contribution in [1.82, 2.24) is 15.1 Å². The third kappa shape index (κ3) is 3.26. The summed E-state index contributed by atoms with van der Waals surface area (Å²) in [6.45, 7) is 3.57. The molecule has 6 heteroatoms. The number of aryl methyl sites for hydroxylation is 2. The summed E-state index contributed by atoms with van der Waals surface area (Å²) in [6, 6.07) is 10.4. The van der Waals surface area contributed by atoms with Gasteiger partial charge in [-0.05, 0) is 54.9 Å². The van der Waals surface area contributed by atoms with E-state index in [1.165, 1.54) is 24.0 Å². The molecule has 0 N–H and O–H groups in total. The molecule has 6 nitrogen and oxygen atoms in total. The predicted molar refractivity (Wildman–Crippen MR) is 106 cm³/mol. The molecule has 1 aromatic carbocycles. The zero-order valence-corrected chi connectivity index (χ0v) is 16.1. The van der Waals surface area contributed by atoms with Gasteiger partial charge in [-0.3, -0.25) is 4.79 Å². The van der Waals surface area contributed by atoms with Gasteiger partial charge in [0, 0.05) is 26.2 Å². The molecule has 1 saturated heterocycles. The van der Waals surface area contributed by atoms with Crippen LogP contribution in [0.1, 0.15) is 41.3 Å². The highest BCUT2D eigenvalue weighted by atomic mass is 16.5. The second-order valence-corrected chi connectivity index (χ2v) is 7.89. The van der Waals surface area contributed by atoms with Gasteiger partial charge in [0.2, 0.25) is 0 Å². The van der Waals surface area contributed by atoms with E-state index in [1.807, 2.05) is 23.1 Å². The van der Waals surface area contributed by atoms with Crippen molar-refractivity contribution in [3.8, 4) is 0 Å². The first kappa shape index (κ1) is 17.6. The number of ether oxygens (including phenoxy) is 1. The maximum atomic E-state index is 13.1. The van der Waals surface area contributed by atoms with Crippen LogP contribution in [-0.2, 0) is 28.8 Å². The molecule has 1 fully saturated rings. The van der Waals surface area contributed by atoms with Gasteiger partial charge in [0.25, 0.3) is 5.91 Å². The van der Waals surface area contributed by atoms with E-state index in [2.05, 4.69) is 27.2 Å². The van der Waals surface area contributed by atoms with Crippen molar-refractivity contribution in [3.63, 3.8) is 0 Å².